The smallest absolute Gasteiger partial charge is 0.337 e. The molecule has 1 aliphatic heterocycles. The van der Waals surface area contributed by atoms with Gasteiger partial charge in [0.05, 0.1) is 43.1 Å². The van der Waals surface area contributed by atoms with Crippen molar-refractivity contribution in [2.75, 3.05) is 26.9 Å². The summed E-state index contributed by atoms with van der Waals surface area (Å²) in [6.45, 7) is 5.96. The maximum atomic E-state index is 12.5. The van der Waals surface area contributed by atoms with Crippen LogP contribution in [0.2, 0.25) is 0 Å². The zero-order valence-electron chi connectivity index (χ0n) is 26.8. The van der Waals surface area contributed by atoms with Crippen molar-refractivity contribution in [2.45, 2.75) is 39.6 Å². The van der Waals surface area contributed by atoms with Gasteiger partial charge in [-0.3, -0.25) is 15.5 Å². The highest BCUT2D eigenvalue weighted by atomic mass is 16.6. The minimum Gasteiger partial charge on any atom is -0.490 e. The van der Waals surface area contributed by atoms with E-state index in [9.17, 15) is 24.8 Å². The van der Waals surface area contributed by atoms with Gasteiger partial charge in [-0.1, -0.05) is 6.07 Å². The van der Waals surface area contributed by atoms with Crippen molar-refractivity contribution < 1.29 is 43.3 Å². The third-order valence-corrected chi connectivity index (χ3v) is 6.92. The summed E-state index contributed by atoms with van der Waals surface area (Å²) in [5.74, 6) is 1.06. The molecule has 0 unspecified atom stereocenters. The van der Waals surface area contributed by atoms with Gasteiger partial charge in [-0.05, 0) is 79.9 Å². The Morgan fingerprint density at radius 1 is 1.00 bits per heavy atom. The molecule has 3 aromatic rings. The largest absolute Gasteiger partial charge is 0.490 e. The molecule has 2 amide bonds. The number of hydrogen-bond acceptors (Lipinski definition) is 12. The number of nitro groups is 1. The number of nitro benzene ring substituents is 1. The van der Waals surface area contributed by atoms with E-state index in [2.05, 4.69) is 21.2 Å². The summed E-state index contributed by atoms with van der Waals surface area (Å²) in [6.07, 6.45) is 0.305. The Labute approximate surface area is 276 Å². The Balaban J connectivity index is 1.36. The molecule has 15 heteroatoms. The summed E-state index contributed by atoms with van der Waals surface area (Å²) < 4.78 is 28.1. The maximum Gasteiger partial charge on any atom is 0.337 e. The van der Waals surface area contributed by atoms with Crippen LogP contribution in [0.25, 0.3) is 0 Å². The first-order valence-electron chi connectivity index (χ1n) is 15.0. The fraction of sp³-hybridized carbons (Fsp3) is 0.303. The number of carbonyl (C=O) groups excluding carboxylic acids is 2. The van der Waals surface area contributed by atoms with E-state index in [4.69, 9.17) is 23.7 Å². The minimum atomic E-state index is -1.19. The molecule has 0 aliphatic carbocycles. The summed E-state index contributed by atoms with van der Waals surface area (Å²) in [4.78, 5) is 35.0. The number of nitrogens with zero attached hydrogens (tertiary/aromatic N) is 2. The molecule has 0 saturated carbocycles. The lowest BCUT2D eigenvalue weighted by atomic mass is 9.95. The van der Waals surface area contributed by atoms with Gasteiger partial charge in [0.15, 0.2) is 29.2 Å². The van der Waals surface area contributed by atoms with Crippen LogP contribution in [0.3, 0.4) is 0 Å². The van der Waals surface area contributed by atoms with E-state index < -0.39 is 29.2 Å². The van der Waals surface area contributed by atoms with Crippen LogP contribution in [0, 0.1) is 10.1 Å². The lowest BCUT2D eigenvalue weighted by Gasteiger charge is -2.28. The number of esters is 1. The van der Waals surface area contributed by atoms with Gasteiger partial charge in [-0.2, -0.15) is 5.10 Å². The summed E-state index contributed by atoms with van der Waals surface area (Å²) >= 11 is 0. The molecule has 0 spiro atoms. The molecule has 3 aromatic carbocycles. The summed E-state index contributed by atoms with van der Waals surface area (Å²) in [6, 6.07) is 15.0. The molecule has 48 heavy (non-hydrogen) atoms. The van der Waals surface area contributed by atoms with Crippen LogP contribution in [-0.2, 0) is 16.1 Å². The van der Waals surface area contributed by atoms with E-state index in [1.807, 2.05) is 6.92 Å². The summed E-state index contributed by atoms with van der Waals surface area (Å²) in [5.41, 5.74) is 5.22. The molecule has 0 fully saturated rings. The number of urea groups is 1. The highest BCUT2D eigenvalue weighted by Crippen LogP contribution is 2.35. The topological polar surface area (TPSA) is 192 Å². The molecule has 4 rings (SSSR count). The highest BCUT2D eigenvalue weighted by molar-refractivity contribution is 5.95. The first-order valence-corrected chi connectivity index (χ1v) is 15.0. The number of aliphatic hydroxyl groups is 1. The van der Waals surface area contributed by atoms with Crippen LogP contribution < -0.4 is 35.0 Å². The minimum absolute atomic E-state index is 0.00154. The average Bonchev–Trinajstić information content (AvgIpc) is 3.07. The Kier molecular flexibility index (Phi) is 12.2. The van der Waals surface area contributed by atoms with Crippen molar-refractivity contribution in [3.8, 4) is 23.0 Å². The van der Waals surface area contributed by atoms with Gasteiger partial charge in [0.25, 0.3) is 5.69 Å². The quantitative estimate of drug-likeness (QED) is 0.0567. The molecule has 0 saturated heterocycles. The zero-order chi connectivity index (χ0) is 34.6. The number of carbonyl (C=O) groups is 2. The zero-order valence-corrected chi connectivity index (χ0v) is 26.8. The molecule has 15 nitrogen and oxygen atoms in total. The van der Waals surface area contributed by atoms with E-state index >= 15 is 0 Å². The van der Waals surface area contributed by atoms with Crippen LogP contribution in [0.15, 0.2) is 77.0 Å². The lowest BCUT2D eigenvalue weighted by Crippen LogP contribution is -2.45. The van der Waals surface area contributed by atoms with Crippen LogP contribution in [0.4, 0.5) is 10.5 Å². The predicted molar refractivity (Wildman–Crippen MR) is 174 cm³/mol. The Hall–Kier alpha value is -5.83. The Morgan fingerprint density at radius 2 is 1.67 bits per heavy atom. The first kappa shape index (κ1) is 35.0. The van der Waals surface area contributed by atoms with Crippen LogP contribution in [0.1, 0.15) is 43.5 Å². The van der Waals surface area contributed by atoms with E-state index in [1.165, 1.54) is 25.5 Å². The number of amides is 2. The number of non-ortho nitro benzene ring substituents is 1. The lowest BCUT2D eigenvalue weighted by molar-refractivity contribution is -0.384. The average molecular weight is 664 g/mol. The van der Waals surface area contributed by atoms with E-state index in [0.29, 0.717) is 53.0 Å². The van der Waals surface area contributed by atoms with Gasteiger partial charge in [-0.15, -0.1) is 0 Å². The molecule has 0 radical (unpaired) electrons. The number of nitrogens with one attached hydrogen (secondary N) is 3. The number of hydrazone groups is 1. The fourth-order valence-electron chi connectivity index (χ4n) is 4.69. The molecule has 254 valence electrons. The normalized spacial score (nSPS) is 14.9. The number of allylic oxidation sites excluding steroid dienone is 1. The van der Waals surface area contributed by atoms with Gasteiger partial charge >= 0.3 is 12.0 Å². The van der Waals surface area contributed by atoms with Crippen molar-refractivity contribution in [1.82, 2.24) is 16.1 Å². The molecule has 0 aromatic heterocycles. The molecular formula is C33H37N5O10. The number of methoxy groups -OCH3 is 1. The van der Waals surface area contributed by atoms with Gasteiger partial charge in [0, 0.05) is 17.8 Å². The summed E-state index contributed by atoms with van der Waals surface area (Å²) in [5, 5.41) is 30.8. The second-order valence-electron chi connectivity index (χ2n) is 10.3. The van der Waals surface area contributed by atoms with E-state index in [1.54, 1.807) is 62.4 Å². The van der Waals surface area contributed by atoms with Gasteiger partial charge in [-0.25, -0.2) is 9.59 Å². The second-order valence-corrected chi connectivity index (χ2v) is 10.3. The third-order valence-electron chi connectivity index (χ3n) is 6.92. The second kappa shape index (κ2) is 16.6. The predicted octanol–water partition coefficient (Wildman–Crippen LogP) is 4.09. The van der Waals surface area contributed by atoms with Crippen LogP contribution >= 0.6 is 0 Å². The highest BCUT2D eigenvalue weighted by Gasteiger charge is 2.32. The maximum absolute atomic E-state index is 12.5. The van der Waals surface area contributed by atoms with Crippen LogP contribution in [0.5, 0.6) is 23.0 Å². The number of aliphatic hydroxyl groups excluding tert-OH is 1. The van der Waals surface area contributed by atoms with Gasteiger partial charge in [0.2, 0.25) is 0 Å². The fourth-order valence-corrected chi connectivity index (χ4v) is 4.69. The number of benzene rings is 3. The Bertz CT molecular complexity index is 1680. The van der Waals surface area contributed by atoms with Crippen molar-refractivity contribution in [1.29, 1.82) is 0 Å². The molecule has 0 bridgehead atoms. The molecule has 1 heterocycles. The van der Waals surface area contributed by atoms with Crippen molar-refractivity contribution >= 4 is 23.9 Å². The number of hydrogen-bond donors (Lipinski definition) is 4. The molecule has 4 N–H and O–H groups in total. The molecular weight excluding hydrogens is 626 g/mol. The molecule has 2 atom stereocenters. The number of rotatable bonds is 16. The van der Waals surface area contributed by atoms with Gasteiger partial charge in [0.1, 0.15) is 13.2 Å². The summed E-state index contributed by atoms with van der Waals surface area (Å²) in [7, 11) is 1.26. The van der Waals surface area contributed by atoms with E-state index in [-0.39, 0.29) is 24.5 Å². The first-order chi connectivity index (χ1) is 23.1. The van der Waals surface area contributed by atoms with Crippen LogP contribution in [-0.4, -0.2) is 61.4 Å². The monoisotopic (exact) mass is 663 g/mol. The van der Waals surface area contributed by atoms with E-state index in [0.717, 1.165) is 5.56 Å². The van der Waals surface area contributed by atoms with Gasteiger partial charge < -0.3 is 39.4 Å². The standard InChI is InChI=1S/C33H37N5O10/c1-5-45-27-15-22(9-13-25(27)47-18-21-7-11-24(12-8-21)38(42)43)17-34-37-29(39)19-48-26-14-10-23(16-28(26)46-6-2)31-30(32(40)44-4)20(3)35-33(41)36-31/h7-17,29,31,37,39H,5-6,18-19H2,1-4H3,(H2,35,36,41)/b34-17-/t29-,31+/m0/s1. The Morgan fingerprint density at radius 3 is 2.33 bits per heavy atom. The van der Waals surface area contributed by atoms with Crippen molar-refractivity contribution in [2.24, 2.45) is 5.10 Å². The molecule has 1 aliphatic rings. The van der Waals surface area contributed by atoms with Crippen molar-refractivity contribution in [3.05, 3.63) is 98.7 Å². The van der Waals surface area contributed by atoms with Crippen molar-refractivity contribution in [3.63, 3.8) is 0 Å². The SMILES string of the molecule is CCOc1cc(/C=N\N[C@@H](O)COc2ccc([C@H]3NC(=O)NC(C)=C3C(=O)OC)cc2OCC)ccc1OCc1ccc([N+](=O)[O-])cc1. The number of ether oxygens (including phenoxy) is 5. The third kappa shape index (κ3) is 9.13.